The first kappa shape index (κ1) is 14.7. The lowest BCUT2D eigenvalue weighted by Gasteiger charge is -2.07. The molecule has 22 heavy (non-hydrogen) atoms. The largest absolute Gasteiger partial charge is 0.330 e. The summed E-state index contributed by atoms with van der Waals surface area (Å²) in [5, 5.41) is 0. The van der Waals surface area contributed by atoms with Gasteiger partial charge in [-0.05, 0) is 30.3 Å². The normalized spacial score (nSPS) is 11.9. The van der Waals surface area contributed by atoms with Crippen molar-refractivity contribution in [3.8, 4) is 0 Å². The molecule has 0 spiro atoms. The van der Waals surface area contributed by atoms with E-state index in [2.05, 4.69) is 9.71 Å². The number of halogens is 1. The molecule has 1 aromatic heterocycles. The number of para-hydroxylation sites is 2. The Labute approximate surface area is 127 Å². The van der Waals surface area contributed by atoms with Gasteiger partial charge in [-0.15, -0.1) is 0 Å². The van der Waals surface area contributed by atoms with Gasteiger partial charge in [0.25, 0.3) is 0 Å². The molecule has 0 saturated heterocycles. The zero-order valence-electron chi connectivity index (χ0n) is 11.8. The molecule has 2 aromatic carbocycles. The van der Waals surface area contributed by atoms with E-state index in [0.29, 0.717) is 5.82 Å². The number of fused-ring (bicyclic) bond motifs is 1. The first-order valence-corrected chi connectivity index (χ1v) is 8.11. The molecule has 0 aliphatic heterocycles. The van der Waals surface area contributed by atoms with E-state index in [1.807, 2.05) is 35.9 Å². The van der Waals surface area contributed by atoms with Gasteiger partial charge in [0.15, 0.2) is 0 Å². The third kappa shape index (κ3) is 2.72. The minimum absolute atomic E-state index is 0.0318. The first-order chi connectivity index (χ1) is 10.5. The SMILES string of the molecule is Cn1c(CNS(=O)(=O)c2cccc(F)c2)nc2ccccc21. The van der Waals surface area contributed by atoms with Gasteiger partial charge in [0.05, 0.1) is 22.5 Å². The van der Waals surface area contributed by atoms with E-state index >= 15 is 0 Å². The average Bonchev–Trinajstić information content (AvgIpc) is 2.82. The van der Waals surface area contributed by atoms with Gasteiger partial charge in [-0.3, -0.25) is 0 Å². The zero-order valence-corrected chi connectivity index (χ0v) is 12.6. The topological polar surface area (TPSA) is 64.0 Å². The number of imidazole rings is 1. The minimum atomic E-state index is -3.78. The lowest BCUT2D eigenvalue weighted by atomic mass is 10.3. The highest BCUT2D eigenvalue weighted by molar-refractivity contribution is 7.89. The van der Waals surface area contributed by atoms with E-state index in [1.54, 1.807) is 0 Å². The van der Waals surface area contributed by atoms with Gasteiger partial charge in [-0.1, -0.05) is 18.2 Å². The smallest absolute Gasteiger partial charge is 0.241 e. The van der Waals surface area contributed by atoms with Crippen LogP contribution in [0.5, 0.6) is 0 Å². The summed E-state index contributed by atoms with van der Waals surface area (Å²) >= 11 is 0. The maximum atomic E-state index is 13.2. The maximum absolute atomic E-state index is 13.2. The fraction of sp³-hybridized carbons (Fsp3) is 0.133. The molecule has 3 aromatic rings. The summed E-state index contributed by atoms with van der Waals surface area (Å²) in [6.07, 6.45) is 0. The van der Waals surface area contributed by atoms with E-state index in [1.165, 1.54) is 18.2 Å². The number of aryl methyl sites for hydroxylation is 1. The Bertz CT molecular complexity index is 935. The number of rotatable bonds is 4. The third-order valence-corrected chi connectivity index (χ3v) is 4.81. The van der Waals surface area contributed by atoms with Crippen molar-refractivity contribution < 1.29 is 12.8 Å². The Morgan fingerprint density at radius 2 is 1.95 bits per heavy atom. The molecule has 3 rings (SSSR count). The Morgan fingerprint density at radius 1 is 1.18 bits per heavy atom. The van der Waals surface area contributed by atoms with Crippen LogP contribution in [-0.2, 0) is 23.6 Å². The second kappa shape index (κ2) is 5.51. The van der Waals surface area contributed by atoms with Gasteiger partial charge in [0.2, 0.25) is 10.0 Å². The minimum Gasteiger partial charge on any atom is -0.330 e. The highest BCUT2D eigenvalue weighted by Gasteiger charge is 2.16. The molecule has 7 heteroatoms. The third-order valence-electron chi connectivity index (χ3n) is 3.41. The van der Waals surface area contributed by atoms with Crippen LogP contribution >= 0.6 is 0 Å². The van der Waals surface area contributed by atoms with Crippen molar-refractivity contribution in [2.45, 2.75) is 11.4 Å². The molecule has 114 valence electrons. The summed E-state index contributed by atoms with van der Waals surface area (Å²) in [6, 6.07) is 12.4. The van der Waals surface area contributed by atoms with Gasteiger partial charge in [0, 0.05) is 7.05 Å². The highest BCUT2D eigenvalue weighted by Crippen LogP contribution is 2.15. The number of aromatic nitrogens is 2. The second-order valence-electron chi connectivity index (χ2n) is 4.86. The molecule has 0 aliphatic carbocycles. The summed E-state index contributed by atoms with van der Waals surface area (Å²) in [4.78, 5) is 4.28. The number of sulfonamides is 1. The van der Waals surface area contributed by atoms with Crippen molar-refractivity contribution in [2.24, 2.45) is 7.05 Å². The molecule has 0 unspecified atom stereocenters. The molecular formula is C15H14FN3O2S. The molecule has 0 radical (unpaired) electrons. The number of nitrogens with zero attached hydrogens (tertiary/aromatic N) is 2. The fourth-order valence-electron chi connectivity index (χ4n) is 2.23. The summed E-state index contributed by atoms with van der Waals surface area (Å²) in [6.45, 7) is 0.0318. The summed E-state index contributed by atoms with van der Waals surface area (Å²) in [5.74, 6) is -0.00761. The van der Waals surface area contributed by atoms with Crippen molar-refractivity contribution in [1.29, 1.82) is 0 Å². The van der Waals surface area contributed by atoms with E-state index in [0.717, 1.165) is 17.1 Å². The molecule has 0 aliphatic rings. The fourth-order valence-corrected chi connectivity index (χ4v) is 3.24. The monoisotopic (exact) mass is 319 g/mol. The quantitative estimate of drug-likeness (QED) is 0.802. The van der Waals surface area contributed by atoms with E-state index in [-0.39, 0.29) is 11.4 Å². The van der Waals surface area contributed by atoms with Gasteiger partial charge >= 0.3 is 0 Å². The Hall–Kier alpha value is -2.25. The van der Waals surface area contributed by atoms with Crippen LogP contribution in [-0.4, -0.2) is 18.0 Å². The maximum Gasteiger partial charge on any atom is 0.241 e. The van der Waals surface area contributed by atoms with Gasteiger partial charge in [-0.2, -0.15) is 0 Å². The van der Waals surface area contributed by atoms with E-state index < -0.39 is 15.8 Å². The number of benzene rings is 2. The lowest BCUT2D eigenvalue weighted by molar-refractivity contribution is 0.574. The van der Waals surface area contributed by atoms with Crippen molar-refractivity contribution in [1.82, 2.24) is 14.3 Å². The van der Waals surface area contributed by atoms with Crippen LogP contribution in [0, 0.1) is 5.82 Å². The number of nitrogens with one attached hydrogen (secondary N) is 1. The average molecular weight is 319 g/mol. The van der Waals surface area contributed by atoms with Crippen LogP contribution < -0.4 is 4.72 Å². The van der Waals surface area contributed by atoms with Crippen LogP contribution in [0.25, 0.3) is 11.0 Å². The summed E-state index contributed by atoms with van der Waals surface area (Å²) < 4.78 is 41.8. The summed E-state index contributed by atoms with van der Waals surface area (Å²) in [5.41, 5.74) is 1.72. The lowest BCUT2D eigenvalue weighted by Crippen LogP contribution is -2.24. The first-order valence-electron chi connectivity index (χ1n) is 6.63. The Balaban J connectivity index is 1.86. The molecule has 1 heterocycles. The molecule has 5 nitrogen and oxygen atoms in total. The zero-order chi connectivity index (χ0) is 15.7. The predicted octanol–water partition coefficient (Wildman–Crippen LogP) is 2.19. The van der Waals surface area contributed by atoms with Crippen LogP contribution in [0.1, 0.15) is 5.82 Å². The second-order valence-corrected chi connectivity index (χ2v) is 6.62. The molecule has 0 atom stereocenters. The number of hydrogen-bond acceptors (Lipinski definition) is 3. The van der Waals surface area contributed by atoms with Crippen molar-refractivity contribution in [3.63, 3.8) is 0 Å². The van der Waals surface area contributed by atoms with Crippen molar-refractivity contribution >= 4 is 21.1 Å². The standard InChI is InChI=1S/C15H14FN3O2S/c1-19-14-8-3-2-7-13(14)18-15(19)10-17-22(20,21)12-6-4-5-11(16)9-12/h2-9,17H,10H2,1H3. The van der Waals surface area contributed by atoms with Crippen LogP contribution in [0.4, 0.5) is 4.39 Å². The van der Waals surface area contributed by atoms with Crippen molar-refractivity contribution in [2.75, 3.05) is 0 Å². The van der Waals surface area contributed by atoms with Gasteiger partial charge in [-0.25, -0.2) is 22.5 Å². The Morgan fingerprint density at radius 3 is 2.68 bits per heavy atom. The van der Waals surface area contributed by atoms with E-state index in [4.69, 9.17) is 0 Å². The van der Waals surface area contributed by atoms with Crippen LogP contribution in [0.3, 0.4) is 0 Å². The van der Waals surface area contributed by atoms with Gasteiger partial charge < -0.3 is 4.57 Å². The molecule has 1 N–H and O–H groups in total. The molecule has 0 saturated carbocycles. The molecule has 0 fully saturated rings. The van der Waals surface area contributed by atoms with Crippen LogP contribution in [0.2, 0.25) is 0 Å². The predicted molar refractivity (Wildman–Crippen MR) is 81.1 cm³/mol. The summed E-state index contributed by atoms with van der Waals surface area (Å²) in [7, 11) is -1.96. The van der Waals surface area contributed by atoms with Gasteiger partial charge in [0.1, 0.15) is 11.6 Å². The molecule has 0 amide bonds. The van der Waals surface area contributed by atoms with Crippen molar-refractivity contribution in [3.05, 3.63) is 60.2 Å². The molecular weight excluding hydrogens is 305 g/mol. The molecule has 0 bridgehead atoms. The highest BCUT2D eigenvalue weighted by atomic mass is 32.2. The Kier molecular flexibility index (Phi) is 3.67. The van der Waals surface area contributed by atoms with Crippen LogP contribution in [0.15, 0.2) is 53.4 Å². The number of hydrogen-bond donors (Lipinski definition) is 1. The van der Waals surface area contributed by atoms with E-state index in [9.17, 15) is 12.8 Å².